The van der Waals surface area contributed by atoms with E-state index in [0.29, 0.717) is 24.1 Å². The minimum Gasteiger partial charge on any atom is -0.445 e. The molecule has 0 saturated carbocycles. The molecular weight excluding hydrogens is 348 g/mol. The highest BCUT2D eigenvalue weighted by Gasteiger charge is 2.44. The van der Waals surface area contributed by atoms with E-state index in [0.717, 1.165) is 17.7 Å². The second kappa shape index (κ2) is 7.91. The summed E-state index contributed by atoms with van der Waals surface area (Å²) in [5.41, 5.74) is 0.624. The second-order valence-electron chi connectivity index (χ2n) is 8.14. The molecule has 0 aliphatic carbocycles. The molecule has 3 atom stereocenters. The van der Waals surface area contributed by atoms with Crippen LogP contribution in [0.5, 0.6) is 0 Å². The standard InChI is InChI=1S/C20H28N2O3S/c1-20(2,3)21-18(23)16-11-17-15(9-10-26-17)12-22(16)19(24)25-13-14-7-5-4-6-8-14/h4-8,15-17H,9-13H2,1-3H3,(H,21,23)/t15?,16-,17?/m0/s1. The first kappa shape index (κ1) is 19.1. The lowest BCUT2D eigenvalue weighted by Crippen LogP contribution is -2.58. The van der Waals surface area contributed by atoms with E-state index in [1.54, 1.807) is 4.90 Å². The van der Waals surface area contributed by atoms with E-state index in [2.05, 4.69) is 5.32 Å². The number of fused-ring (bicyclic) bond motifs is 1. The molecule has 0 radical (unpaired) electrons. The van der Waals surface area contributed by atoms with Gasteiger partial charge in [0.1, 0.15) is 12.6 Å². The predicted molar refractivity (Wildman–Crippen MR) is 104 cm³/mol. The molecule has 2 unspecified atom stereocenters. The number of ether oxygens (including phenoxy) is 1. The number of amides is 2. The minimum atomic E-state index is -0.454. The Kier molecular flexibility index (Phi) is 5.80. The Labute approximate surface area is 159 Å². The molecule has 2 amide bonds. The van der Waals surface area contributed by atoms with Crippen LogP contribution in [0.25, 0.3) is 0 Å². The van der Waals surface area contributed by atoms with Crippen molar-refractivity contribution >= 4 is 23.8 Å². The summed E-state index contributed by atoms with van der Waals surface area (Å²) in [7, 11) is 0. The summed E-state index contributed by atoms with van der Waals surface area (Å²) in [6, 6.07) is 9.17. The van der Waals surface area contributed by atoms with Gasteiger partial charge in [-0.25, -0.2) is 4.79 Å². The van der Waals surface area contributed by atoms with Crippen molar-refractivity contribution in [3.63, 3.8) is 0 Å². The first-order valence-corrected chi connectivity index (χ1v) is 10.3. The van der Waals surface area contributed by atoms with Crippen LogP contribution < -0.4 is 5.32 Å². The maximum Gasteiger partial charge on any atom is 0.410 e. The third-order valence-electron chi connectivity index (χ3n) is 4.85. The van der Waals surface area contributed by atoms with E-state index < -0.39 is 12.1 Å². The lowest BCUT2D eigenvalue weighted by Gasteiger charge is -2.40. The highest BCUT2D eigenvalue weighted by Crippen LogP contribution is 2.40. The zero-order valence-corrected chi connectivity index (χ0v) is 16.6. The number of hydrogen-bond donors (Lipinski definition) is 1. The summed E-state index contributed by atoms with van der Waals surface area (Å²) in [5, 5.41) is 3.49. The fourth-order valence-corrected chi connectivity index (χ4v) is 5.15. The Morgan fingerprint density at radius 1 is 1.27 bits per heavy atom. The molecule has 2 heterocycles. The number of benzene rings is 1. The summed E-state index contributed by atoms with van der Waals surface area (Å²) in [4.78, 5) is 27.2. The molecule has 0 bridgehead atoms. The maximum atomic E-state index is 12.8. The molecule has 26 heavy (non-hydrogen) atoms. The van der Waals surface area contributed by atoms with Gasteiger partial charge < -0.3 is 10.1 Å². The number of thioether (sulfide) groups is 1. The zero-order chi connectivity index (χ0) is 18.7. The fraction of sp³-hybridized carbons (Fsp3) is 0.600. The number of nitrogens with zero attached hydrogens (tertiary/aromatic N) is 1. The van der Waals surface area contributed by atoms with Crippen molar-refractivity contribution in [3.05, 3.63) is 35.9 Å². The van der Waals surface area contributed by atoms with Gasteiger partial charge in [-0.05, 0) is 50.8 Å². The molecule has 3 rings (SSSR count). The smallest absolute Gasteiger partial charge is 0.410 e. The summed E-state index contributed by atoms with van der Waals surface area (Å²) < 4.78 is 5.53. The van der Waals surface area contributed by atoms with Gasteiger partial charge in [0.25, 0.3) is 0 Å². The quantitative estimate of drug-likeness (QED) is 0.878. The van der Waals surface area contributed by atoms with Gasteiger partial charge in [0.05, 0.1) is 0 Å². The SMILES string of the molecule is CC(C)(C)NC(=O)[C@@H]1CC2SCCC2CN1C(=O)OCc1ccccc1. The van der Waals surface area contributed by atoms with Gasteiger partial charge in [0.2, 0.25) is 5.91 Å². The second-order valence-corrected chi connectivity index (χ2v) is 9.49. The van der Waals surface area contributed by atoms with Gasteiger partial charge in [-0.3, -0.25) is 9.69 Å². The molecule has 1 aromatic rings. The summed E-state index contributed by atoms with van der Waals surface area (Å²) >= 11 is 1.93. The van der Waals surface area contributed by atoms with E-state index >= 15 is 0 Å². The molecule has 2 aliphatic heterocycles. The van der Waals surface area contributed by atoms with Gasteiger partial charge in [-0.15, -0.1) is 0 Å². The predicted octanol–water partition coefficient (Wildman–Crippen LogP) is 3.43. The molecule has 1 aromatic carbocycles. The molecule has 0 spiro atoms. The highest BCUT2D eigenvalue weighted by molar-refractivity contribution is 8.00. The Morgan fingerprint density at radius 3 is 2.69 bits per heavy atom. The molecule has 2 aliphatic rings. The normalized spacial score (nSPS) is 25.5. The summed E-state index contributed by atoms with van der Waals surface area (Å²) in [5.74, 6) is 1.48. The van der Waals surface area contributed by atoms with Crippen LogP contribution in [0.3, 0.4) is 0 Å². The Hall–Kier alpha value is -1.69. The molecule has 1 N–H and O–H groups in total. The van der Waals surface area contributed by atoms with Gasteiger partial charge in [0.15, 0.2) is 0 Å². The van der Waals surface area contributed by atoms with Crippen LogP contribution in [-0.4, -0.2) is 46.0 Å². The largest absolute Gasteiger partial charge is 0.445 e. The van der Waals surface area contributed by atoms with Crippen molar-refractivity contribution in [3.8, 4) is 0 Å². The number of rotatable bonds is 3. The van der Waals surface area contributed by atoms with Gasteiger partial charge in [-0.2, -0.15) is 11.8 Å². The number of piperidine rings is 1. The molecule has 5 nitrogen and oxygen atoms in total. The molecular formula is C20H28N2O3S. The van der Waals surface area contributed by atoms with Crippen LogP contribution in [-0.2, 0) is 16.1 Å². The Balaban J connectivity index is 1.69. The van der Waals surface area contributed by atoms with Crippen LogP contribution in [0, 0.1) is 5.92 Å². The van der Waals surface area contributed by atoms with Crippen LogP contribution in [0.4, 0.5) is 4.79 Å². The average molecular weight is 377 g/mol. The van der Waals surface area contributed by atoms with E-state index in [1.165, 1.54) is 0 Å². The number of likely N-dealkylation sites (tertiary alicyclic amines) is 1. The fourth-order valence-electron chi connectivity index (χ4n) is 3.59. The van der Waals surface area contributed by atoms with Crippen LogP contribution in [0.15, 0.2) is 30.3 Å². The molecule has 6 heteroatoms. The van der Waals surface area contributed by atoms with Crippen LogP contribution >= 0.6 is 11.8 Å². The van der Waals surface area contributed by atoms with E-state index in [1.807, 2.05) is 62.9 Å². The van der Waals surface area contributed by atoms with Crippen molar-refractivity contribution in [2.75, 3.05) is 12.3 Å². The minimum absolute atomic E-state index is 0.0832. The number of carbonyl (C=O) groups is 2. The van der Waals surface area contributed by atoms with Crippen molar-refractivity contribution in [1.29, 1.82) is 0 Å². The Bertz CT molecular complexity index is 644. The summed E-state index contributed by atoms with van der Waals surface area (Å²) in [6.45, 7) is 6.71. The topological polar surface area (TPSA) is 58.6 Å². The molecule has 2 saturated heterocycles. The third kappa shape index (κ3) is 4.72. The number of carbonyl (C=O) groups excluding carboxylic acids is 2. The van der Waals surface area contributed by atoms with Crippen LogP contribution in [0.1, 0.15) is 39.2 Å². The van der Waals surface area contributed by atoms with Gasteiger partial charge >= 0.3 is 6.09 Å². The number of nitrogens with one attached hydrogen (secondary N) is 1. The highest BCUT2D eigenvalue weighted by atomic mass is 32.2. The lowest BCUT2D eigenvalue weighted by molar-refractivity contribution is -0.129. The first-order valence-electron chi connectivity index (χ1n) is 9.24. The maximum absolute atomic E-state index is 12.8. The van der Waals surface area contributed by atoms with Crippen molar-refractivity contribution in [1.82, 2.24) is 10.2 Å². The zero-order valence-electron chi connectivity index (χ0n) is 15.7. The van der Waals surface area contributed by atoms with Crippen molar-refractivity contribution in [2.45, 2.75) is 57.1 Å². The number of hydrogen-bond acceptors (Lipinski definition) is 4. The molecule has 142 valence electrons. The van der Waals surface area contributed by atoms with Crippen molar-refractivity contribution < 1.29 is 14.3 Å². The van der Waals surface area contributed by atoms with Crippen molar-refractivity contribution in [2.24, 2.45) is 5.92 Å². The van der Waals surface area contributed by atoms with Crippen LogP contribution in [0.2, 0.25) is 0 Å². The molecule has 2 fully saturated rings. The van der Waals surface area contributed by atoms with Gasteiger partial charge in [-0.1, -0.05) is 30.3 Å². The summed E-state index contributed by atoms with van der Waals surface area (Å²) in [6.07, 6.45) is 1.42. The first-order chi connectivity index (χ1) is 12.3. The Morgan fingerprint density at radius 2 is 2.00 bits per heavy atom. The van der Waals surface area contributed by atoms with E-state index in [4.69, 9.17) is 4.74 Å². The molecule has 0 aromatic heterocycles. The monoisotopic (exact) mass is 376 g/mol. The third-order valence-corrected chi connectivity index (χ3v) is 6.33. The van der Waals surface area contributed by atoms with E-state index in [9.17, 15) is 9.59 Å². The lowest BCUT2D eigenvalue weighted by atomic mass is 9.90. The van der Waals surface area contributed by atoms with Gasteiger partial charge in [0, 0.05) is 17.3 Å². The average Bonchev–Trinajstić information content (AvgIpc) is 3.05. The van der Waals surface area contributed by atoms with E-state index in [-0.39, 0.29) is 18.1 Å².